The molecule has 1 amide bonds. The summed E-state index contributed by atoms with van der Waals surface area (Å²) in [4.78, 5) is 13.6. The molecular weight excluding hydrogens is 362 g/mol. The number of rotatable bonds is 3. The molecule has 0 spiro atoms. The Kier molecular flexibility index (Phi) is 5.04. The lowest BCUT2D eigenvalue weighted by molar-refractivity contribution is -0.116. The standard InChI is InChI=1S/C21H25NO4S/c1-15(23)22-12-6-7-16-13-19(10-11-20(16)22)27(24,25)26-18-9-5-8-17(14-18)21(2,3)4/h5,8-11,13-14H,6-7,12H2,1-4H3. The van der Waals surface area contributed by atoms with Gasteiger partial charge in [0.2, 0.25) is 5.91 Å². The zero-order chi connectivity index (χ0) is 19.8. The third-order valence-electron chi connectivity index (χ3n) is 4.74. The Labute approximate surface area is 161 Å². The average molecular weight is 388 g/mol. The number of nitrogens with zero attached hydrogens (tertiary/aromatic N) is 1. The summed E-state index contributed by atoms with van der Waals surface area (Å²) in [5, 5.41) is 0. The molecule has 6 heteroatoms. The van der Waals surface area contributed by atoms with Crippen LogP contribution in [0.25, 0.3) is 0 Å². The van der Waals surface area contributed by atoms with Crippen molar-refractivity contribution >= 4 is 21.7 Å². The van der Waals surface area contributed by atoms with Crippen LogP contribution in [0.2, 0.25) is 0 Å². The minimum atomic E-state index is -3.95. The second-order valence-corrected chi connectivity index (χ2v) is 9.43. The number of amides is 1. The van der Waals surface area contributed by atoms with E-state index in [0.717, 1.165) is 29.7 Å². The molecule has 0 fully saturated rings. The Balaban J connectivity index is 1.91. The fourth-order valence-corrected chi connectivity index (χ4v) is 4.22. The van der Waals surface area contributed by atoms with E-state index in [1.54, 1.807) is 35.2 Å². The lowest BCUT2D eigenvalue weighted by atomic mass is 9.87. The van der Waals surface area contributed by atoms with Crippen LogP contribution in [0.5, 0.6) is 5.75 Å². The van der Waals surface area contributed by atoms with E-state index in [1.165, 1.54) is 13.0 Å². The smallest absolute Gasteiger partial charge is 0.339 e. The van der Waals surface area contributed by atoms with Gasteiger partial charge in [-0.05, 0) is 59.7 Å². The van der Waals surface area contributed by atoms with Crippen LogP contribution in [-0.2, 0) is 26.7 Å². The van der Waals surface area contributed by atoms with Crippen LogP contribution in [0.15, 0.2) is 47.4 Å². The van der Waals surface area contributed by atoms with E-state index in [-0.39, 0.29) is 16.2 Å². The van der Waals surface area contributed by atoms with Gasteiger partial charge in [-0.2, -0.15) is 8.42 Å². The molecule has 0 unspecified atom stereocenters. The van der Waals surface area contributed by atoms with Crippen molar-refractivity contribution in [3.05, 3.63) is 53.6 Å². The molecule has 0 radical (unpaired) electrons. The van der Waals surface area contributed by atoms with Crippen LogP contribution in [0, 0.1) is 0 Å². The number of fused-ring (bicyclic) bond motifs is 1. The molecule has 2 aromatic rings. The molecule has 3 rings (SSSR count). The normalized spacial score (nSPS) is 14.6. The first-order chi connectivity index (χ1) is 12.6. The van der Waals surface area contributed by atoms with Gasteiger partial charge in [0.1, 0.15) is 10.6 Å². The molecule has 2 aromatic carbocycles. The summed E-state index contributed by atoms with van der Waals surface area (Å²) in [6, 6.07) is 12.0. The largest absolute Gasteiger partial charge is 0.379 e. The van der Waals surface area contributed by atoms with E-state index in [9.17, 15) is 13.2 Å². The zero-order valence-corrected chi connectivity index (χ0v) is 17.0. The summed E-state index contributed by atoms with van der Waals surface area (Å²) in [6.45, 7) is 8.36. The van der Waals surface area contributed by atoms with E-state index < -0.39 is 10.1 Å². The van der Waals surface area contributed by atoms with E-state index in [4.69, 9.17) is 4.18 Å². The maximum atomic E-state index is 12.8. The lowest BCUT2D eigenvalue weighted by Crippen LogP contribution is -2.33. The molecule has 0 saturated carbocycles. The minimum Gasteiger partial charge on any atom is -0.379 e. The molecule has 144 valence electrons. The van der Waals surface area contributed by atoms with Crippen molar-refractivity contribution in [3.63, 3.8) is 0 Å². The predicted molar refractivity (Wildman–Crippen MR) is 106 cm³/mol. The van der Waals surface area contributed by atoms with E-state index in [1.807, 2.05) is 6.07 Å². The number of aryl methyl sites for hydroxylation is 1. The molecule has 27 heavy (non-hydrogen) atoms. The quantitative estimate of drug-likeness (QED) is 0.746. The number of hydrogen-bond donors (Lipinski definition) is 0. The van der Waals surface area contributed by atoms with Crippen molar-refractivity contribution in [1.29, 1.82) is 0 Å². The highest BCUT2D eigenvalue weighted by atomic mass is 32.2. The Morgan fingerprint density at radius 3 is 2.52 bits per heavy atom. The number of carbonyl (C=O) groups is 1. The predicted octanol–water partition coefficient (Wildman–Crippen LogP) is 4.05. The van der Waals surface area contributed by atoms with Crippen molar-refractivity contribution < 1.29 is 17.4 Å². The number of anilines is 1. The van der Waals surface area contributed by atoms with E-state index in [0.29, 0.717) is 12.3 Å². The molecule has 1 aliphatic rings. The maximum absolute atomic E-state index is 12.8. The molecule has 1 heterocycles. The van der Waals surface area contributed by atoms with Gasteiger partial charge in [-0.15, -0.1) is 0 Å². The fourth-order valence-electron chi connectivity index (χ4n) is 3.25. The van der Waals surface area contributed by atoms with E-state index in [2.05, 4.69) is 20.8 Å². The zero-order valence-electron chi connectivity index (χ0n) is 16.2. The first-order valence-electron chi connectivity index (χ1n) is 9.04. The summed E-state index contributed by atoms with van der Waals surface area (Å²) < 4.78 is 30.9. The first kappa shape index (κ1) is 19.4. The highest BCUT2D eigenvalue weighted by Gasteiger charge is 2.24. The van der Waals surface area contributed by atoms with Gasteiger partial charge in [0, 0.05) is 19.2 Å². The molecule has 0 saturated heterocycles. The number of benzene rings is 2. The van der Waals surface area contributed by atoms with Crippen LogP contribution >= 0.6 is 0 Å². The fraction of sp³-hybridized carbons (Fsp3) is 0.381. The summed E-state index contributed by atoms with van der Waals surface area (Å²) in [6.07, 6.45) is 1.55. The highest BCUT2D eigenvalue weighted by molar-refractivity contribution is 7.87. The Bertz CT molecular complexity index is 974. The monoisotopic (exact) mass is 387 g/mol. The topological polar surface area (TPSA) is 63.7 Å². The summed E-state index contributed by atoms with van der Waals surface area (Å²) in [5.41, 5.74) is 2.52. The molecule has 1 aliphatic heterocycles. The van der Waals surface area contributed by atoms with Crippen molar-refractivity contribution in [2.75, 3.05) is 11.4 Å². The molecule has 5 nitrogen and oxygen atoms in total. The van der Waals surface area contributed by atoms with Gasteiger partial charge in [-0.1, -0.05) is 32.9 Å². The van der Waals surface area contributed by atoms with Crippen LogP contribution < -0.4 is 9.08 Å². The molecule has 0 aliphatic carbocycles. The van der Waals surface area contributed by atoms with Gasteiger partial charge in [-0.25, -0.2) is 0 Å². The first-order valence-corrected chi connectivity index (χ1v) is 10.4. The molecular formula is C21H25NO4S. The molecule has 0 aromatic heterocycles. The van der Waals surface area contributed by atoms with Gasteiger partial charge in [0.25, 0.3) is 0 Å². The van der Waals surface area contributed by atoms with Gasteiger partial charge in [0.05, 0.1) is 0 Å². The molecule has 0 bridgehead atoms. The Morgan fingerprint density at radius 1 is 1.11 bits per heavy atom. The SMILES string of the molecule is CC(=O)N1CCCc2cc(S(=O)(=O)Oc3cccc(C(C)(C)C)c3)ccc21. The minimum absolute atomic E-state index is 0.0400. The van der Waals surface area contributed by atoms with Gasteiger partial charge >= 0.3 is 10.1 Å². The summed E-state index contributed by atoms with van der Waals surface area (Å²) >= 11 is 0. The third kappa shape index (κ3) is 4.16. The Hall–Kier alpha value is -2.34. The summed E-state index contributed by atoms with van der Waals surface area (Å²) in [5.74, 6) is 0.257. The second kappa shape index (κ2) is 7.00. The Morgan fingerprint density at radius 2 is 1.85 bits per heavy atom. The van der Waals surface area contributed by atoms with Gasteiger partial charge in [-0.3, -0.25) is 4.79 Å². The van der Waals surface area contributed by atoms with Crippen LogP contribution in [-0.4, -0.2) is 20.9 Å². The van der Waals surface area contributed by atoms with Gasteiger partial charge < -0.3 is 9.08 Å². The summed E-state index contributed by atoms with van der Waals surface area (Å²) in [7, 11) is -3.95. The van der Waals surface area contributed by atoms with Crippen molar-refractivity contribution in [1.82, 2.24) is 0 Å². The van der Waals surface area contributed by atoms with Crippen LogP contribution in [0.1, 0.15) is 45.2 Å². The second-order valence-electron chi connectivity index (χ2n) is 7.88. The number of carbonyl (C=O) groups excluding carboxylic acids is 1. The highest BCUT2D eigenvalue weighted by Crippen LogP contribution is 2.31. The molecule has 0 atom stereocenters. The average Bonchev–Trinajstić information content (AvgIpc) is 2.59. The third-order valence-corrected chi connectivity index (χ3v) is 5.99. The molecule has 0 N–H and O–H groups in total. The maximum Gasteiger partial charge on any atom is 0.339 e. The lowest BCUT2D eigenvalue weighted by Gasteiger charge is -2.28. The number of hydrogen-bond acceptors (Lipinski definition) is 4. The van der Waals surface area contributed by atoms with Crippen molar-refractivity contribution in [2.45, 2.75) is 50.8 Å². The van der Waals surface area contributed by atoms with Gasteiger partial charge in [0.15, 0.2) is 0 Å². The van der Waals surface area contributed by atoms with Crippen LogP contribution in [0.4, 0.5) is 5.69 Å². The van der Waals surface area contributed by atoms with E-state index >= 15 is 0 Å². The van der Waals surface area contributed by atoms with Crippen molar-refractivity contribution in [2.24, 2.45) is 0 Å². The van der Waals surface area contributed by atoms with Crippen LogP contribution in [0.3, 0.4) is 0 Å². The van der Waals surface area contributed by atoms with Crippen molar-refractivity contribution in [3.8, 4) is 5.75 Å².